The van der Waals surface area contributed by atoms with Gasteiger partial charge in [-0.2, -0.15) is 0 Å². The molecule has 1 atom stereocenters. The van der Waals surface area contributed by atoms with Crippen molar-refractivity contribution < 1.29 is 0 Å². The molecule has 0 bridgehead atoms. The molecule has 0 aromatic heterocycles. The summed E-state index contributed by atoms with van der Waals surface area (Å²) in [6.45, 7) is 11.7. The first-order valence-corrected chi connectivity index (χ1v) is 6.08. The van der Waals surface area contributed by atoms with Gasteiger partial charge in [0.15, 0.2) is 0 Å². The standard InChI is InChI=1S/C13H27N/c1-5-8-13(14-11-6-2)10-7-9-12(3)4/h13-14H,3,5-11H2,1-2,4H3. The van der Waals surface area contributed by atoms with Crippen LogP contribution in [0.25, 0.3) is 0 Å². The summed E-state index contributed by atoms with van der Waals surface area (Å²) in [5, 5.41) is 3.61. The largest absolute Gasteiger partial charge is 0.314 e. The number of allylic oxidation sites excluding steroid dienone is 1. The summed E-state index contributed by atoms with van der Waals surface area (Å²) in [4.78, 5) is 0. The van der Waals surface area contributed by atoms with E-state index in [2.05, 4.69) is 32.7 Å². The van der Waals surface area contributed by atoms with Crippen LogP contribution in [-0.4, -0.2) is 12.6 Å². The fourth-order valence-corrected chi connectivity index (χ4v) is 1.70. The van der Waals surface area contributed by atoms with Gasteiger partial charge in [0.1, 0.15) is 0 Å². The van der Waals surface area contributed by atoms with E-state index in [4.69, 9.17) is 0 Å². The fourth-order valence-electron chi connectivity index (χ4n) is 1.70. The fraction of sp³-hybridized carbons (Fsp3) is 0.846. The number of hydrogen-bond acceptors (Lipinski definition) is 1. The minimum absolute atomic E-state index is 0.735. The highest BCUT2D eigenvalue weighted by Crippen LogP contribution is 2.10. The van der Waals surface area contributed by atoms with Gasteiger partial charge in [-0.05, 0) is 45.6 Å². The summed E-state index contributed by atoms with van der Waals surface area (Å²) in [5.74, 6) is 0. The molecule has 0 amide bonds. The monoisotopic (exact) mass is 197 g/mol. The van der Waals surface area contributed by atoms with Crippen molar-refractivity contribution in [2.75, 3.05) is 6.54 Å². The van der Waals surface area contributed by atoms with Crippen molar-refractivity contribution in [3.05, 3.63) is 12.2 Å². The quantitative estimate of drug-likeness (QED) is 0.553. The van der Waals surface area contributed by atoms with Gasteiger partial charge < -0.3 is 5.32 Å². The smallest absolute Gasteiger partial charge is 0.00670 e. The van der Waals surface area contributed by atoms with E-state index in [9.17, 15) is 0 Å². The van der Waals surface area contributed by atoms with E-state index in [-0.39, 0.29) is 0 Å². The van der Waals surface area contributed by atoms with Gasteiger partial charge in [0.2, 0.25) is 0 Å². The Bertz CT molecular complexity index is 140. The molecule has 0 rings (SSSR count). The van der Waals surface area contributed by atoms with Crippen LogP contribution in [0.15, 0.2) is 12.2 Å². The molecular formula is C13H27N. The average molecular weight is 197 g/mol. The molecular weight excluding hydrogens is 170 g/mol. The molecule has 14 heavy (non-hydrogen) atoms. The van der Waals surface area contributed by atoms with Crippen molar-refractivity contribution in [1.29, 1.82) is 0 Å². The van der Waals surface area contributed by atoms with Gasteiger partial charge in [0.05, 0.1) is 0 Å². The van der Waals surface area contributed by atoms with Gasteiger partial charge in [-0.15, -0.1) is 6.58 Å². The van der Waals surface area contributed by atoms with Crippen molar-refractivity contribution in [2.24, 2.45) is 0 Å². The van der Waals surface area contributed by atoms with E-state index in [1.807, 2.05) is 0 Å². The van der Waals surface area contributed by atoms with Crippen molar-refractivity contribution in [3.8, 4) is 0 Å². The number of nitrogens with one attached hydrogen (secondary N) is 1. The molecule has 1 N–H and O–H groups in total. The van der Waals surface area contributed by atoms with E-state index in [1.165, 1.54) is 44.1 Å². The summed E-state index contributed by atoms with van der Waals surface area (Å²) in [6, 6.07) is 0.735. The van der Waals surface area contributed by atoms with Crippen molar-refractivity contribution in [1.82, 2.24) is 5.32 Å². The maximum absolute atomic E-state index is 3.94. The van der Waals surface area contributed by atoms with Gasteiger partial charge in [0, 0.05) is 6.04 Å². The van der Waals surface area contributed by atoms with E-state index < -0.39 is 0 Å². The summed E-state index contributed by atoms with van der Waals surface area (Å²) in [7, 11) is 0. The minimum atomic E-state index is 0.735. The van der Waals surface area contributed by atoms with Crippen LogP contribution in [-0.2, 0) is 0 Å². The molecule has 0 fully saturated rings. The Morgan fingerprint density at radius 1 is 1.21 bits per heavy atom. The lowest BCUT2D eigenvalue weighted by Crippen LogP contribution is -2.29. The van der Waals surface area contributed by atoms with E-state index in [0.29, 0.717) is 0 Å². The van der Waals surface area contributed by atoms with Crippen LogP contribution in [0.2, 0.25) is 0 Å². The molecule has 0 saturated heterocycles. The zero-order chi connectivity index (χ0) is 10.8. The van der Waals surface area contributed by atoms with Crippen molar-refractivity contribution in [2.45, 2.75) is 65.3 Å². The Hall–Kier alpha value is -0.300. The van der Waals surface area contributed by atoms with Crippen molar-refractivity contribution >= 4 is 0 Å². The Labute approximate surface area is 90.0 Å². The lowest BCUT2D eigenvalue weighted by molar-refractivity contribution is 0.437. The van der Waals surface area contributed by atoms with Gasteiger partial charge in [-0.25, -0.2) is 0 Å². The Morgan fingerprint density at radius 2 is 1.93 bits per heavy atom. The average Bonchev–Trinajstić information content (AvgIpc) is 2.13. The highest BCUT2D eigenvalue weighted by molar-refractivity contribution is 4.87. The molecule has 0 aliphatic carbocycles. The van der Waals surface area contributed by atoms with Gasteiger partial charge in [-0.1, -0.05) is 25.8 Å². The summed E-state index contributed by atoms with van der Waals surface area (Å²) >= 11 is 0. The molecule has 1 nitrogen and oxygen atoms in total. The third-order valence-corrected chi connectivity index (χ3v) is 2.48. The third-order valence-electron chi connectivity index (χ3n) is 2.48. The molecule has 0 spiro atoms. The first kappa shape index (κ1) is 13.7. The van der Waals surface area contributed by atoms with E-state index >= 15 is 0 Å². The maximum atomic E-state index is 3.94. The molecule has 0 heterocycles. The van der Waals surface area contributed by atoms with Crippen LogP contribution in [0, 0.1) is 0 Å². The first-order valence-electron chi connectivity index (χ1n) is 6.08. The van der Waals surface area contributed by atoms with E-state index in [0.717, 1.165) is 12.6 Å². The predicted octanol–water partition coefficient (Wildman–Crippen LogP) is 3.90. The third kappa shape index (κ3) is 8.31. The SMILES string of the molecule is C=C(C)CCCC(CCC)NCCC. The van der Waals surface area contributed by atoms with Crippen LogP contribution in [0.5, 0.6) is 0 Å². The molecule has 0 saturated carbocycles. The van der Waals surface area contributed by atoms with Crippen LogP contribution in [0.3, 0.4) is 0 Å². The van der Waals surface area contributed by atoms with Crippen LogP contribution in [0.4, 0.5) is 0 Å². The topological polar surface area (TPSA) is 12.0 Å². The number of hydrogen-bond donors (Lipinski definition) is 1. The lowest BCUT2D eigenvalue weighted by Gasteiger charge is -2.17. The number of rotatable bonds is 9. The second-order valence-electron chi connectivity index (χ2n) is 4.29. The molecule has 1 unspecified atom stereocenters. The van der Waals surface area contributed by atoms with Crippen LogP contribution >= 0.6 is 0 Å². The highest BCUT2D eigenvalue weighted by atomic mass is 14.9. The van der Waals surface area contributed by atoms with Crippen LogP contribution in [0.1, 0.15) is 59.3 Å². The highest BCUT2D eigenvalue weighted by Gasteiger charge is 2.05. The normalized spacial score (nSPS) is 12.8. The second kappa shape index (κ2) is 9.26. The second-order valence-corrected chi connectivity index (χ2v) is 4.29. The lowest BCUT2D eigenvalue weighted by atomic mass is 10.0. The Morgan fingerprint density at radius 3 is 2.43 bits per heavy atom. The van der Waals surface area contributed by atoms with Crippen LogP contribution < -0.4 is 5.32 Å². The molecule has 0 aromatic rings. The molecule has 0 aromatic carbocycles. The molecule has 1 heteroatoms. The van der Waals surface area contributed by atoms with Gasteiger partial charge in [0.25, 0.3) is 0 Å². The molecule has 0 aliphatic heterocycles. The Kier molecular flexibility index (Phi) is 9.06. The zero-order valence-electron chi connectivity index (χ0n) is 10.2. The Balaban J connectivity index is 3.55. The van der Waals surface area contributed by atoms with Gasteiger partial charge in [-0.3, -0.25) is 0 Å². The summed E-state index contributed by atoms with van der Waals surface area (Å²) < 4.78 is 0. The van der Waals surface area contributed by atoms with Gasteiger partial charge >= 0.3 is 0 Å². The predicted molar refractivity (Wildman–Crippen MR) is 65.7 cm³/mol. The zero-order valence-corrected chi connectivity index (χ0v) is 10.2. The first-order chi connectivity index (χ1) is 6.70. The molecule has 0 radical (unpaired) electrons. The van der Waals surface area contributed by atoms with Crippen molar-refractivity contribution in [3.63, 3.8) is 0 Å². The molecule has 0 aliphatic rings. The molecule has 84 valence electrons. The minimum Gasteiger partial charge on any atom is -0.314 e. The summed E-state index contributed by atoms with van der Waals surface area (Å²) in [6.07, 6.45) is 7.62. The summed E-state index contributed by atoms with van der Waals surface area (Å²) in [5.41, 5.74) is 1.32. The van der Waals surface area contributed by atoms with E-state index in [1.54, 1.807) is 0 Å². The maximum Gasteiger partial charge on any atom is 0.00670 e.